The molecule has 2 aromatic rings. The number of para-hydroxylation sites is 1. The molecule has 2 rings (SSSR count). The standard InChI is InChI=1S/C21H27NO4/c1-5-19(26-18-11-8-10-17(13-18)24-4)21(23)22-16(3)14-25-20-12-7-6-9-15(20)2/h6-13,16,19H,5,14H2,1-4H3,(H,22,23)/t16-,19+/m0/s1. The summed E-state index contributed by atoms with van der Waals surface area (Å²) in [6, 6.07) is 14.9. The molecule has 0 radical (unpaired) electrons. The topological polar surface area (TPSA) is 56.8 Å². The Hall–Kier alpha value is -2.69. The maximum atomic E-state index is 12.5. The summed E-state index contributed by atoms with van der Waals surface area (Å²) in [5.41, 5.74) is 1.07. The Bertz CT molecular complexity index is 717. The van der Waals surface area contributed by atoms with Gasteiger partial charge in [0.2, 0.25) is 0 Å². The molecule has 0 aliphatic rings. The Morgan fingerprint density at radius 3 is 2.54 bits per heavy atom. The molecule has 2 atom stereocenters. The van der Waals surface area contributed by atoms with Crippen molar-refractivity contribution in [2.24, 2.45) is 0 Å². The first-order chi connectivity index (χ1) is 12.5. The average Bonchev–Trinajstić information content (AvgIpc) is 2.65. The molecule has 0 bridgehead atoms. The second-order valence-corrected chi connectivity index (χ2v) is 6.18. The number of carbonyl (C=O) groups is 1. The smallest absolute Gasteiger partial charge is 0.261 e. The minimum absolute atomic E-state index is 0.134. The molecule has 5 heteroatoms. The summed E-state index contributed by atoms with van der Waals surface area (Å²) < 4.78 is 16.8. The predicted molar refractivity (Wildman–Crippen MR) is 102 cm³/mol. The summed E-state index contributed by atoms with van der Waals surface area (Å²) in [5.74, 6) is 1.97. The van der Waals surface area contributed by atoms with Crippen molar-refractivity contribution in [3.63, 3.8) is 0 Å². The molecule has 0 aliphatic heterocycles. The molecule has 0 saturated heterocycles. The highest BCUT2D eigenvalue weighted by molar-refractivity contribution is 5.81. The predicted octanol–water partition coefficient (Wildman–Crippen LogP) is 3.74. The maximum absolute atomic E-state index is 12.5. The minimum atomic E-state index is -0.567. The Balaban J connectivity index is 1.88. The Kier molecular flexibility index (Phi) is 7.33. The number of ether oxygens (including phenoxy) is 3. The highest BCUT2D eigenvalue weighted by Crippen LogP contribution is 2.21. The number of nitrogens with one attached hydrogen (secondary N) is 1. The van der Waals surface area contributed by atoms with E-state index in [-0.39, 0.29) is 11.9 Å². The number of aryl methyl sites for hydroxylation is 1. The van der Waals surface area contributed by atoms with E-state index in [0.29, 0.717) is 24.5 Å². The molecule has 2 aromatic carbocycles. The second kappa shape index (κ2) is 9.70. The van der Waals surface area contributed by atoms with Crippen molar-refractivity contribution in [1.82, 2.24) is 5.32 Å². The molecule has 0 saturated carbocycles. The number of hydrogen-bond donors (Lipinski definition) is 1. The van der Waals surface area contributed by atoms with Crippen molar-refractivity contribution in [2.75, 3.05) is 13.7 Å². The van der Waals surface area contributed by atoms with Crippen LogP contribution < -0.4 is 19.5 Å². The fourth-order valence-corrected chi connectivity index (χ4v) is 2.47. The van der Waals surface area contributed by atoms with E-state index in [1.54, 1.807) is 13.2 Å². The molecule has 0 fully saturated rings. The molecule has 1 N–H and O–H groups in total. The fraction of sp³-hybridized carbons (Fsp3) is 0.381. The van der Waals surface area contributed by atoms with Crippen molar-refractivity contribution in [3.8, 4) is 17.2 Å². The normalized spacial score (nSPS) is 12.8. The molecule has 0 aromatic heterocycles. The van der Waals surface area contributed by atoms with E-state index < -0.39 is 6.10 Å². The zero-order valence-corrected chi connectivity index (χ0v) is 15.8. The van der Waals surface area contributed by atoms with Crippen LogP contribution in [0.25, 0.3) is 0 Å². The van der Waals surface area contributed by atoms with Gasteiger partial charge in [-0.1, -0.05) is 31.2 Å². The van der Waals surface area contributed by atoms with Gasteiger partial charge in [0.05, 0.1) is 13.2 Å². The summed E-state index contributed by atoms with van der Waals surface area (Å²) in [6.45, 7) is 6.22. The van der Waals surface area contributed by atoms with Crippen LogP contribution in [0.1, 0.15) is 25.8 Å². The third-order valence-electron chi connectivity index (χ3n) is 3.95. The zero-order valence-electron chi connectivity index (χ0n) is 15.8. The van der Waals surface area contributed by atoms with Crippen molar-refractivity contribution < 1.29 is 19.0 Å². The summed E-state index contributed by atoms with van der Waals surface area (Å²) in [5, 5.41) is 2.95. The fourth-order valence-electron chi connectivity index (χ4n) is 2.47. The first kappa shape index (κ1) is 19.6. The number of carbonyl (C=O) groups excluding carboxylic acids is 1. The number of methoxy groups -OCH3 is 1. The number of hydrogen-bond acceptors (Lipinski definition) is 4. The largest absolute Gasteiger partial charge is 0.497 e. The summed E-state index contributed by atoms with van der Waals surface area (Å²) >= 11 is 0. The Morgan fingerprint density at radius 1 is 1.12 bits per heavy atom. The van der Waals surface area contributed by atoms with Gasteiger partial charge in [-0.3, -0.25) is 4.79 Å². The van der Waals surface area contributed by atoms with Crippen LogP contribution in [0.5, 0.6) is 17.2 Å². The highest BCUT2D eigenvalue weighted by atomic mass is 16.5. The quantitative estimate of drug-likeness (QED) is 0.743. The third kappa shape index (κ3) is 5.69. The summed E-state index contributed by atoms with van der Waals surface area (Å²) in [7, 11) is 1.60. The molecule has 26 heavy (non-hydrogen) atoms. The summed E-state index contributed by atoms with van der Waals surface area (Å²) in [6.07, 6.45) is -0.00275. The molecule has 0 unspecified atom stereocenters. The van der Waals surface area contributed by atoms with Gasteiger partial charge in [0.1, 0.15) is 23.9 Å². The van der Waals surface area contributed by atoms with Crippen molar-refractivity contribution in [2.45, 2.75) is 39.3 Å². The van der Waals surface area contributed by atoms with Gasteiger partial charge in [-0.15, -0.1) is 0 Å². The van der Waals surface area contributed by atoms with E-state index in [1.807, 2.05) is 63.2 Å². The van der Waals surface area contributed by atoms with Gasteiger partial charge < -0.3 is 19.5 Å². The molecule has 140 valence electrons. The van der Waals surface area contributed by atoms with E-state index in [1.165, 1.54) is 0 Å². The lowest BCUT2D eigenvalue weighted by Gasteiger charge is -2.21. The number of benzene rings is 2. The molecule has 0 spiro atoms. The van der Waals surface area contributed by atoms with Crippen LogP contribution in [0.3, 0.4) is 0 Å². The van der Waals surface area contributed by atoms with Crippen LogP contribution in [0.15, 0.2) is 48.5 Å². The number of rotatable bonds is 9. The third-order valence-corrected chi connectivity index (χ3v) is 3.95. The van der Waals surface area contributed by atoms with E-state index in [4.69, 9.17) is 14.2 Å². The van der Waals surface area contributed by atoms with Crippen LogP contribution in [0, 0.1) is 6.92 Å². The van der Waals surface area contributed by atoms with E-state index in [9.17, 15) is 4.79 Å². The van der Waals surface area contributed by atoms with E-state index in [2.05, 4.69) is 5.32 Å². The Labute approximate surface area is 155 Å². The van der Waals surface area contributed by atoms with Crippen LogP contribution in [-0.4, -0.2) is 31.8 Å². The second-order valence-electron chi connectivity index (χ2n) is 6.18. The molecule has 0 heterocycles. The highest BCUT2D eigenvalue weighted by Gasteiger charge is 2.20. The monoisotopic (exact) mass is 357 g/mol. The van der Waals surface area contributed by atoms with Gasteiger partial charge in [-0.25, -0.2) is 0 Å². The van der Waals surface area contributed by atoms with Crippen LogP contribution in [0.2, 0.25) is 0 Å². The maximum Gasteiger partial charge on any atom is 0.261 e. The van der Waals surface area contributed by atoms with Crippen LogP contribution in [0.4, 0.5) is 0 Å². The lowest BCUT2D eigenvalue weighted by atomic mass is 10.2. The number of amides is 1. The van der Waals surface area contributed by atoms with Gasteiger partial charge in [0.15, 0.2) is 6.10 Å². The lowest BCUT2D eigenvalue weighted by Crippen LogP contribution is -2.44. The molecular weight excluding hydrogens is 330 g/mol. The molecular formula is C21H27NO4. The van der Waals surface area contributed by atoms with Gasteiger partial charge in [-0.2, -0.15) is 0 Å². The zero-order chi connectivity index (χ0) is 18.9. The first-order valence-electron chi connectivity index (χ1n) is 8.83. The Morgan fingerprint density at radius 2 is 1.85 bits per heavy atom. The first-order valence-corrected chi connectivity index (χ1v) is 8.83. The van der Waals surface area contributed by atoms with Gasteiger partial charge in [0, 0.05) is 6.07 Å². The molecule has 5 nitrogen and oxygen atoms in total. The minimum Gasteiger partial charge on any atom is -0.497 e. The van der Waals surface area contributed by atoms with Crippen LogP contribution >= 0.6 is 0 Å². The average molecular weight is 357 g/mol. The van der Waals surface area contributed by atoms with Crippen molar-refractivity contribution in [3.05, 3.63) is 54.1 Å². The SMILES string of the molecule is CC[C@@H](Oc1cccc(OC)c1)C(=O)N[C@@H](C)COc1ccccc1C. The van der Waals surface area contributed by atoms with Gasteiger partial charge >= 0.3 is 0 Å². The van der Waals surface area contributed by atoms with E-state index in [0.717, 1.165) is 11.3 Å². The van der Waals surface area contributed by atoms with Gasteiger partial charge in [-0.05, 0) is 44.0 Å². The molecule has 1 amide bonds. The van der Waals surface area contributed by atoms with E-state index >= 15 is 0 Å². The summed E-state index contributed by atoms with van der Waals surface area (Å²) in [4.78, 5) is 12.5. The lowest BCUT2D eigenvalue weighted by molar-refractivity contribution is -0.128. The van der Waals surface area contributed by atoms with Crippen LogP contribution in [-0.2, 0) is 4.79 Å². The molecule has 0 aliphatic carbocycles. The van der Waals surface area contributed by atoms with Crippen molar-refractivity contribution >= 4 is 5.91 Å². The van der Waals surface area contributed by atoms with Crippen molar-refractivity contribution in [1.29, 1.82) is 0 Å². The van der Waals surface area contributed by atoms with Gasteiger partial charge in [0.25, 0.3) is 5.91 Å².